The summed E-state index contributed by atoms with van der Waals surface area (Å²) >= 11 is 0. The van der Waals surface area contributed by atoms with E-state index in [1.807, 2.05) is 0 Å². The van der Waals surface area contributed by atoms with Crippen LogP contribution in [0.1, 0.15) is 10.4 Å². The lowest BCUT2D eigenvalue weighted by Crippen LogP contribution is -2.01. The van der Waals surface area contributed by atoms with E-state index in [1.54, 1.807) is 12.1 Å². The van der Waals surface area contributed by atoms with E-state index in [9.17, 15) is 4.79 Å². The van der Waals surface area contributed by atoms with E-state index in [-0.39, 0.29) is 0 Å². The fraction of sp³-hybridized carbons (Fsp3) is 0.100. The standard InChI is InChI=1S/C10H9NO3/c1-13-10(12)7-4-6-2-3-14-9(6)8(11)5-7/h2-5H,11H2,1H3. The second-order valence-electron chi connectivity index (χ2n) is 2.90. The summed E-state index contributed by atoms with van der Waals surface area (Å²) in [6, 6.07) is 4.97. The van der Waals surface area contributed by atoms with E-state index in [4.69, 9.17) is 10.2 Å². The van der Waals surface area contributed by atoms with Crippen molar-refractivity contribution >= 4 is 22.6 Å². The third-order valence-electron chi connectivity index (χ3n) is 2.00. The predicted molar refractivity (Wildman–Crippen MR) is 52.0 cm³/mol. The summed E-state index contributed by atoms with van der Waals surface area (Å²) in [5.41, 5.74) is 7.15. The highest BCUT2D eigenvalue weighted by atomic mass is 16.5. The van der Waals surface area contributed by atoms with Crippen molar-refractivity contribution in [3.8, 4) is 0 Å². The molecule has 0 saturated heterocycles. The number of anilines is 1. The summed E-state index contributed by atoms with van der Waals surface area (Å²) in [5.74, 6) is -0.403. The van der Waals surface area contributed by atoms with Gasteiger partial charge in [0.2, 0.25) is 0 Å². The molecule has 0 aliphatic heterocycles. The summed E-state index contributed by atoms with van der Waals surface area (Å²) in [4.78, 5) is 11.2. The molecule has 1 aromatic carbocycles. The Morgan fingerprint density at radius 2 is 2.29 bits per heavy atom. The van der Waals surface area contributed by atoms with Crippen LogP contribution in [-0.4, -0.2) is 13.1 Å². The zero-order valence-electron chi connectivity index (χ0n) is 7.61. The Balaban J connectivity index is 2.64. The van der Waals surface area contributed by atoms with E-state index in [0.717, 1.165) is 5.39 Å². The molecule has 0 amide bonds. The fourth-order valence-corrected chi connectivity index (χ4v) is 1.35. The van der Waals surface area contributed by atoms with Crippen molar-refractivity contribution in [3.63, 3.8) is 0 Å². The van der Waals surface area contributed by atoms with E-state index in [2.05, 4.69) is 4.74 Å². The summed E-state index contributed by atoms with van der Waals surface area (Å²) in [7, 11) is 1.33. The minimum Gasteiger partial charge on any atom is -0.465 e. The van der Waals surface area contributed by atoms with Crippen LogP contribution < -0.4 is 5.73 Å². The summed E-state index contributed by atoms with van der Waals surface area (Å²) < 4.78 is 9.73. The molecule has 2 N–H and O–H groups in total. The van der Waals surface area contributed by atoms with E-state index >= 15 is 0 Å². The number of fused-ring (bicyclic) bond motifs is 1. The van der Waals surface area contributed by atoms with Gasteiger partial charge in [0.15, 0.2) is 5.58 Å². The molecule has 0 aliphatic carbocycles. The Morgan fingerprint density at radius 1 is 1.50 bits per heavy atom. The first-order valence-electron chi connectivity index (χ1n) is 4.07. The predicted octanol–water partition coefficient (Wildman–Crippen LogP) is 1.80. The monoisotopic (exact) mass is 191 g/mol. The average Bonchev–Trinajstić information content (AvgIpc) is 2.64. The van der Waals surface area contributed by atoms with Gasteiger partial charge < -0.3 is 14.9 Å². The number of furan rings is 1. The Bertz CT molecular complexity index is 487. The van der Waals surface area contributed by atoms with Crippen LogP contribution in [0.3, 0.4) is 0 Å². The van der Waals surface area contributed by atoms with Gasteiger partial charge in [-0.1, -0.05) is 0 Å². The second kappa shape index (κ2) is 3.06. The van der Waals surface area contributed by atoms with Crippen molar-refractivity contribution in [3.05, 3.63) is 30.0 Å². The number of nitrogen functional groups attached to an aromatic ring is 1. The maximum absolute atomic E-state index is 11.2. The lowest BCUT2D eigenvalue weighted by molar-refractivity contribution is 0.0601. The topological polar surface area (TPSA) is 65.5 Å². The maximum Gasteiger partial charge on any atom is 0.337 e. The molecule has 0 atom stereocenters. The number of hydrogen-bond donors (Lipinski definition) is 1. The molecule has 0 fully saturated rings. The summed E-state index contributed by atoms with van der Waals surface area (Å²) in [6.07, 6.45) is 1.53. The van der Waals surface area contributed by atoms with Crippen LogP contribution in [0, 0.1) is 0 Å². The molecule has 0 radical (unpaired) electrons. The lowest BCUT2D eigenvalue weighted by Gasteiger charge is -2.00. The highest BCUT2D eigenvalue weighted by Gasteiger charge is 2.10. The largest absolute Gasteiger partial charge is 0.465 e. The number of ether oxygens (including phenoxy) is 1. The third kappa shape index (κ3) is 1.21. The van der Waals surface area contributed by atoms with Crippen molar-refractivity contribution in [2.24, 2.45) is 0 Å². The molecular weight excluding hydrogens is 182 g/mol. The van der Waals surface area contributed by atoms with Gasteiger partial charge in [-0.2, -0.15) is 0 Å². The Labute approximate surface area is 80.3 Å². The van der Waals surface area contributed by atoms with Crippen LogP contribution in [0.2, 0.25) is 0 Å². The van der Waals surface area contributed by atoms with Crippen LogP contribution in [0.4, 0.5) is 5.69 Å². The molecule has 1 aromatic heterocycles. The van der Waals surface area contributed by atoms with Gasteiger partial charge in [-0.05, 0) is 18.2 Å². The zero-order valence-corrected chi connectivity index (χ0v) is 7.61. The Kier molecular flexibility index (Phi) is 1.89. The van der Waals surface area contributed by atoms with Gasteiger partial charge in [0.05, 0.1) is 24.6 Å². The van der Waals surface area contributed by atoms with Crippen molar-refractivity contribution in [2.75, 3.05) is 12.8 Å². The first-order valence-corrected chi connectivity index (χ1v) is 4.07. The number of nitrogens with two attached hydrogens (primary N) is 1. The van der Waals surface area contributed by atoms with Gasteiger partial charge in [-0.3, -0.25) is 0 Å². The molecule has 14 heavy (non-hydrogen) atoms. The number of esters is 1. The third-order valence-corrected chi connectivity index (χ3v) is 2.00. The number of hydrogen-bond acceptors (Lipinski definition) is 4. The van der Waals surface area contributed by atoms with Gasteiger partial charge in [0.1, 0.15) is 0 Å². The molecule has 2 rings (SSSR count). The molecule has 4 nitrogen and oxygen atoms in total. The lowest BCUT2D eigenvalue weighted by atomic mass is 10.1. The molecular formula is C10H9NO3. The number of methoxy groups -OCH3 is 1. The van der Waals surface area contributed by atoms with Crippen molar-refractivity contribution in [1.29, 1.82) is 0 Å². The molecule has 0 aliphatic rings. The highest BCUT2D eigenvalue weighted by Crippen LogP contribution is 2.24. The summed E-state index contributed by atoms with van der Waals surface area (Å²) in [5, 5.41) is 0.797. The number of carbonyl (C=O) groups excluding carboxylic acids is 1. The molecule has 4 heteroatoms. The van der Waals surface area contributed by atoms with Gasteiger partial charge in [0, 0.05) is 5.39 Å². The number of rotatable bonds is 1. The van der Waals surface area contributed by atoms with Gasteiger partial charge in [-0.15, -0.1) is 0 Å². The van der Waals surface area contributed by atoms with E-state index in [0.29, 0.717) is 16.8 Å². The van der Waals surface area contributed by atoms with Crippen LogP contribution >= 0.6 is 0 Å². The fourth-order valence-electron chi connectivity index (χ4n) is 1.35. The first-order chi connectivity index (χ1) is 6.72. The number of carbonyl (C=O) groups is 1. The molecule has 1 heterocycles. The van der Waals surface area contributed by atoms with Gasteiger partial charge >= 0.3 is 5.97 Å². The van der Waals surface area contributed by atoms with Crippen molar-refractivity contribution in [2.45, 2.75) is 0 Å². The van der Waals surface area contributed by atoms with E-state index < -0.39 is 5.97 Å². The smallest absolute Gasteiger partial charge is 0.337 e. The quantitative estimate of drug-likeness (QED) is 0.551. The Morgan fingerprint density at radius 3 is 3.00 bits per heavy atom. The van der Waals surface area contributed by atoms with Crippen LogP contribution in [0.5, 0.6) is 0 Å². The molecule has 2 aromatic rings. The first kappa shape index (κ1) is 8.62. The normalized spacial score (nSPS) is 10.4. The molecule has 0 unspecified atom stereocenters. The summed E-state index contributed by atoms with van der Waals surface area (Å²) in [6.45, 7) is 0. The number of benzene rings is 1. The molecule has 72 valence electrons. The van der Waals surface area contributed by atoms with Crippen molar-refractivity contribution in [1.82, 2.24) is 0 Å². The van der Waals surface area contributed by atoms with Gasteiger partial charge in [0.25, 0.3) is 0 Å². The minimum atomic E-state index is -0.403. The van der Waals surface area contributed by atoms with Gasteiger partial charge in [-0.25, -0.2) is 4.79 Å². The van der Waals surface area contributed by atoms with Crippen LogP contribution in [-0.2, 0) is 4.74 Å². The zero-order chi connectivity index (χ0) is 10.1. The SMILES string of the molecule is COC(=O)c1cc(N)c2occc2c1. The Hall–Kier alpha value is -1.97. The van der Waals surface area contributed by atoms with Crippen LogP contribution in [0.15, 0.2) is 28.9 Å². The van der Waals surface area contributed by atoms with E-state index in [1.165, 1.54) is 19.4 Å². The maximum atomic E-state index is 11.2. The average molecular weight is 191 g/mol. The molecule has 0 bridgehead atoms. The molecule has 0 spiro atoms. The molecule has 0 saturated carbocycles. The second-order valence-corrected chi connectivity index (χ2v) is 2.90. The van der Waals surface area contributed by atoms with Crippen LogP contribution in [0.25, 0.3) is 11.0 Å². The minimum absolute atomic E-state index is 0.403. The highest BCUT2D eigenvalue weighted by molar-refractivity contribution is 5.98. The van der Waals surface area contributed by atoms with Crippen molar-refractivity contribution < 1.29 is 13.9 Å².